The summed E-state index contributed by atoms with van der Waals surface area (Å²) in [5, 5.41) is 0. The van der Waals surface area contributed by atoms with Gasteiger partial charge in [-0.15, -0.1) is 0 Å². The average Bonchev–Trinajstić information content (AvgIpc) is 2.45. The van der Waals surface area contributed by atoms with E-state index in [4.69, 9.17) is 9.47 Å². The minimum Gasteiger partial charge on any atom is -0.493 e. The summed E-state index contributed by atoms with van der Waals surface area (Å²) >= 11 is 0. The lowest BCUT2D eigenvalue weighted by Gasteiger charge is -2.15. The van der Waals surface area contributed by atoms with Crippen LogP contribution in [0.5, 0.6) is 11.5 Å². The topological polar surface area (TPSA) is 18.5 Å². The molecule has 0 heterocycles. The van der Waals surface area contributed by atoms with Gasteiger partial charge in [-0.2, -0.15) is 0 Å². The summed E-state index contributed by atoms with van der Waals surface area (Å²) in [6.45, 7) is 4.96. The molecule has 0 aliphatic heterocycles. The van der Waals surface area contributed by atoms with Gasteiger partial charge in [0.15, 0.2) is 11.5 Å². The third-order valence-corrected chi connectivity index (χ3v) is 3.37. The van der Waals surface area contributed by atoms with Gasteiger partial charge in [-0.25, -0.2) is 0 Å². The second-order valence-corrected chi connectivity index (χ2v) is 4.98. The number of ether oxygens (including phenoxy) is 2. The minimum atomic E-state index is 0.602. The highest BCUT2D eigenvalue weighted by Gasteiger charge is 2.08. The lowest BCUT2D eigenvalue weighted by atomic mass is 9.98. The quantitative estimate of drug-likeness (QED) is 0.789. The van der Waals surface area contributed by atoms with Crippen LogP contribution in [0.2, 0.25) is 0 Å². The van der Waals surface area contributed by atoms with Gasteiger partial charge in [0.25, 0.3) is 0 Å². The number of methoxy groups -OCH3 is 1. The number of hydrogen-bond donors (Lipinski definition) is 0. The van der Waals surface area contributed by atoms with Gasteiger partial charge in [0, 0.05) is 0 Å². The van der Waals surface area contributed by atoms with E-state index in [1.807, 2.05) is 6.07 Å². The van der Waals surface area contributed by atoms with E-state index in [9.17, 15) is 0 Å². The number of hydrogen-bond acceptors (Lipinski definition) is 2. The van der Waals surface area contributed by atoms with E-state index >= 15 is 0 Å². The molecule has 0 bridgehead atoms. The van der Waals surface area contributed by atoms with Crippen molar-refractivity contribution in [2.45, 2.75) is 26.7 Å². The molecule has 1 atom stereocenters. The molecule has 0 aromatic heterocycles. The zero-order valence-corrected chi connectivity index (χ0v) is 12.0. The molecule has 0 saturated carbocycles. The first-order valence-electron chi connectivity index (χ1n) is 6.90. The van der Waals surface area contributed by atoms with Crippen LogP contribution in [0.25, 0.3) is 0 Å². The van der Waals surface area contributed by atoms with Crippen molar-refractivity contribution in [3.8, 4) is 11.5 Å². The molecule has 1 aliphatic carbocycles. The smallest absolute Gasteiger partial charge is 0.161 e. The lowest BCUT2D eigenvalue weighted by molar-refractivity contribution is 0.320. The Bertz CT molecular complexity index is 486. The molecule has 1 aromatic carbocycles. The first-order valence-corrected chi connectivity index (χ1v) is 6.90. The van der Waals surface area contributed by atoms with E-state index < -0.39 is 0 Å². The number of rotatable bonds is 5. The fourth-order valence-corrected chi connectivity index (χ4v) is 2.23. The average molecular weight is 258 g/mol. The Labute approximate surface area is 115 Å². The molecule has 2 rings (SSSR count). The van der Waals surface area contributed by atoms with E-state index in [-0.39, 0.29) is 0 Å². The maximum atomic E-state index is 5.91. The van der Waals surface area contributed by atoms with Gasteiger partial charge in [0.1, 0.15) is 6.61 Å². The van der Waals surface area contributed by atoms with E-state index in [2.05, 4.69) is 44.2 Å². The van der Waals surface area contributed by atoms with Gasteiger partial charge in [0.2, 0.25) is 0 Å². The van der Waals surface area contributed by atoms with Crippen molar-refractivity contribution in [2.24, 2.45) is 5.92 Å². The minimum absolute atomic E-state index is 0.602. The van der Waals surface area contributed by atoms with E-state index in [0.29, 0.717) is 12.5 Å². The maximum absolute atomic E-state index is 5.91. The molecular formula is C17H22O2. The Morgan fingerprint density at radius 2 is 2.11 bits per heavy atom. The van der Waals surface area contributed by atoms with Crippen LogP contribution in [0.1, 0.15) is 25.8 Å². The van der Waals surface area contributed by atoms with Gasteiger partial charge in [0.05, 0.1) is 7.11 Å². The Balaban J connectivity index is 2.08. The fourth-order valence-electron chi connectivity index (χ4n) is 2.23. The lowest BCUT2D eigenvalue weighted by Crippen LogP contribution is -2.05. The Hall–Kier alpha value is -1.70. The largest absolute Gasteiger partial charge is 0.493 e. The standard InChI is InChI=1S/C17H22O2/c1-4-14-8-9-16(18-3)17(11-14)19-12-15-7-5-6-13(2)10-15/h5,7-11,13H,4,6,12H2,1-3H3. The van der Waals surface area contributed by atoms with Gasteiger partial charge >= 0.3 is 0 Å². The molecule has 1 aliphatic rings. The van der Waals surface area contributed by atoms with E-state index in [1.165, 1.54) is 11.1 Å². The number of aryl methyl sites for hydroxylation is 1. The monoisotopic (exact) mass is 258 g/mol. The number of allylic oxidation sites excluding steroid dienone is 2. The summed E-state index contributed by atoms with van der Waals surface area (Å²) in [5.41, 5.74) is 2.50. The zero-order chi connectivity index (χ0) is 13.7. The van der Waals surface area contributed by atoms with Crippen molar-refractivity contribution in [3.63, 3.8) is 0 Å². The molecule has 0 spiro atoms. The molecule has 0 saturated heterocycles. The Morgan fingerprint density at radius 1 is 1.26 bits per heavy atom. The third-order valence-electron chi connectivity index (χ3n) is 3.37. The van der Waals surface area contributed by atoms with Crippen molar-refractivity contribution in [1.82, 2.24) is 0 Å². The van der Waals surface area contributed by atoms with Crippen LogP contribution in [0.15, 0.2) is 42.0 Å². The van der Waals surface area contributed by atoms with Crippen LogP contribution in [-0.4, -0.2) is 13.7 Å². The molecule has 19 heavy (non-hydrogen) atoms. The predicted molar refractivity (Wildman–Crippen MR) is 78.9 cm³/mol. The summed E-state index contributed by atoms with van der Waals surface area (Å²) in [7, 11) is 1.68. The van der Waals surface area contributed by atoms with Crippen LogP contribution in [-0.2, 0) is 6.42 Å². The van der Waals surface area contributed by atoms with E-state index in [1.54, 1.807) is 7.11 Å². The zero-order valence-electron chi connectivity index (χ0n) is 12.0. The second kappa shape index (κ2) is 6.46. The van der Waals surface area contributed by atoms with Crippen molar-refractivity contribution in [1.29, 1.82) is 0 Å². The number of benzene rings is 1. The third kappa shape index (κ3) is 3.63. The molecule has 1 unspecified atom stereocenters. The van der Waals surface area contributed by atoms with Gasteiger partial charge in [-0.05, 0) is 42.0 Å². The fraction of sp³-hybridized carbons (Fsp3) is 0.412. The first-order chi connectivity index (χ1) is 9.22. The highest BCUT2D eigenvalue weighted by Crippen LogP contribution is 2.29. The first kappa shape index (κ1) is 13.7. The van der Waals surface area contributed by atoms with Crippen LogP contribution in [0, 0.1) is 5.92 Å². The van der Waals surface area contributed by atoms with Crippen molar-refractivity contribution >= 4 is 0 Å². The van der Waals surface area contributed by atoms with Crippen molar-refractivity contribution in [3.05, 3.63) is 47.6 Å². The second-order valence-electron chi connectivity index (χ2n) is 4.98. The summed E-state index contributed by atoms with van der Waals surface area (Å²) < 4.78 is 11.3. The van der Waals surface area contributed by atoms with Crippen LogP contribution < -0.4 is 9.47 Å². The van der Waals surface area contributed by atoms with Gasteiger partial charge in [-0.1, -0.05) is 38.1 Å². The Morgan fingerprint density at radius 3 is 2.79 bits per heavy atom. The summed E-state index contributed by atoms with van der Waals surface area (Å²) in [5.74, 6) is 2.23. The highest BCUT2D eigenvalue weighted by molar-refractivity contribution is 5.43. The molecule has 0 fully saturated rings. The molecule has 2 heteroatoms. The van der Waals surface area contributed by atoms with Gasteiger partial charge in [-0.3, -0.25) is 0 Å². The molecule has 1 aromatic rings. The summed E-state index contributed by atoms with van der Waals surface area (Å²) in [4.78, 5) is 0. The van der Waals surface area contributed by atoms with Crippen LogP contribution >= 0.6 is 0 Å². The normalized spacial score (nSPS) is 18.1. The molecular weight excluding hydrogens is 236 g/mol. The summed E-state index contributed by atoms with van der Waals surface area (Å²) in [6.07, 6.45) is 8.76. The van der Waals surface area contributed by atoms with Crippen LogP contribution in [0.4, 0.5) is 0 Å². The maximum Gasteiger partial charge on any atom is 0.161 e. The molecule has 0 N–H and O–H groups in total. The van der Waals surface area contributed by atoms with Gasteiger partial charge < -0.3 is 9.47 Å². The van der Waals surface area contributed by atoms with Crippen molar-refractivity contribution in [2.75, 3.05) is 13.7 Å². The molecule has 2 nitrogen and oxygen atoms in total. The Kier molecular flexibility index (Phi) is 4.67. The molecule has 0 radical (unpaired) electrons. The summed E-state index contributed by atoms with van der Waals surface area (Å²) in [6, 6.07) is 6.12. The highest BCUT2D eigenvalue weighted by atomic mass is 16.5. The van der Waals surface area contributed by atoms with E-state index in [0.717, 1.165) is 24.3 Å². The van der Waals surface area contributed by atoms with Crippen LogP contribution in [0.3, 0.4) is 0 Å². The SMILES string of the molecule is CCc1ccc(OC)c(OCC2=CC(C)CC=C2)c1. The molecule has 102 valence electrons. The predicted octanol–water partition coefficient (Wildman–Crippen LogP) is 4.16. The molecule has 0 amide bonds. The van der Waals surface area contributed by atoms with Crippen molar-refractivity contribution < 1.29 is 9.47 Å².